The highest BCUT2D eigenvalue weighted by molar-refractivity contribution is 5.82. The Kier molecular flexibility index (Phi) is 6.68. The first-order valence-electron chi connectivity index (χ1n) is 9.57. The first-order chi connectivity index (χ1) is 14.4. The Bertz CT molecular complexity index is 899. The number of benzene rings is 2. The van der Waals surface area contributed by atoms with Gasteiger partial charge in [-0.15, -0.1) is 0 Å². The van der Waals surface area contributed by atoms with Gasteiger partial charge in [-0.25, -0.2) is 14.7 Å². The number of carboxylic acid groups (broad SMARTS) is 1. The Morgan fingerprint density at radius 3 is 2.17 bits per heavy atom. The number of hydroxylamine groups is 2. The number of carbonyl (C=O) groups is 3. The largest absolute Gasteiger partial charge is 0.480 e. The lowest BCUT2D eigenvalue weighted by atomic mass is 9.98. The van der Waals surface area contributed by atoms with Crippen molar-refractivity contribution in [3.05, 3.63) is 59.7 Å². The van der Waals surface area contributed by atoms with Crippen molar-refractivity contribution < 1.29 is 29.1 Å². The van der Waals surface area contributed by atoms with Crippen LogP contribution in [0.3, 0.4) is 0 Å². The lowest BCUT2D eigenvalue weighted by molar-refractivity contribution is -0.168. The Morgan fingerprint density at radius 2 is 1.63 bits per heavy atom. The summed E-state index contributed by atoms with van der Waals surface area (Å²) in [6.45, 7) is 0.0809. The van der Waals surface area contributed by atoms with Crippen LogP contribution in [-0.2, 0) is 19.2 Å². The fourth-order valence-corrected chi connectivity index (χ4v) is 3.57. The van der Waals surface area contributed by atoms with E-state index >= 15 is 0 Å². The van der Waals surface area contributed by atoms with Crippen LogP contribution in [0.2, 0.25) is 0 Å². The fraction of sp³-hybridized carbons (Fsp3) is 0.318. The lowest BCUT2D eigenvalue weighted by Gasteiger charge is -2.18. The molecular formula is C22H24N2O6. The standard InChI is InChI=1S/C22H24N2O6/c1-24(29-2)20(25)12-11-19(21(26)27)23-22(28)30-13-18-16-9-5-3-7-14(16)15-8-4-6-10-17(15)18/h3-10,18-19H,11-13H2,1-2H3,(H,23,28)(H,26,27)/t19-/m0/s1. The SMILES string of the molecule is CON(C)C(=O)CC[C@H](NC(=O)OCC1c2ccccc2-c2ccccc21)C(=O)O. The van der Waals surface area contributed by atoms with E-state index in [1.54, 1.807) is 0 Å². The van der Waals surface area contributed by atoms with Crippen molar-refractivity contribution in [1.82, 2.24) is 10.4 Å². The molecule has 0 aliphatic heterocycles. The van der Waals surface area contributed by atoms with E-state index in [2.05, 4.69) is 5.32 Å². The fourth-order valence-electron chi connectivity index (χ4n) is 3.57. The number of amides is 2. The molecule has 0 saturated carbocycles. The number of ether oxygens (including phenoxy) is 1. The second-order valence-electron chi connectivity index (χ2n) is 6.97. The Balaban J connectivity index is 1.61. The summed E-state index contributed by atoms with van der Waals surface area (Å²) in [5.41, 5.74) is 4.33. The maximum atomic E-state index is 12.3. The molecule has 0 spiro atoms. The van der Waals surface area contributed by atoms with Gasteiger partial charge in [0.1, 0.15) is 12.6 Å². The number of hydrogen-bond acceptors (Lipinski definition) is 5. The number of rotatable bonds is 8. The topological polar surface area (TPSA) is 105 Å². The summed E-state index contributed by atoms with van der Waals surface area (Å²) in [6.07, 6.45) is -1.01. The van der Waals surface area contributed by atoms with E-state index in [4.69, 9.17) is 9.57 Å². The number of hydrogen-bond donors (Lipinski definition) is 2. The van der Waals surface area contributed by atoms with Crippen LogP contribution < -0.4 is 5.32 Å². The normalized spacial score (nSPS) is 13.1. The minimum atomic E-state index is -1.24. The number of aliphatic carboxylic acids is 1. The summed E-state index contributed by atoms with van der Waals surface area (Å²) in [7, 11) is 2.76. The van der Waals surface area contributed by atoms with Crippen molar-refractivity contribution in [2.75, 3.05) is 20.8 Å². The summed E-state index contributed by atoms with van der Waals surface area (Å²) < 4.78 is 5.36. The molecule has 3 rings (SSSR count). The molecule has 1 aliphatic rings. The van der Waals surface area contributed by atoms with Gasteiger partial charge in [-0.1, -0.05) is 48.5 Å². The molecule has 30 heavy (non-hydrogen) atoms. The minimum Gasteiger partial charge on any atom is -0.480 e. The highest BCUT2D eigenvalue weighted by atomic mass is 16.7. The zero-order valence-corrected chi connectivity index (χ0v) is 16.8. The molecule has 2 aromatic rings. The molecule has 2 N–H and O–H groups in total. The van der Waals surface area contributed by atoms with Crippen LogP contribution in [-0.4, -0.2) is 54.9 Å². The van der Waals surface area contributed by atoms with Gasteiger partial charge in [0, 0.05) is 19.4 Å². The van der Waals surface area contributed by atoms with Crippen molar-refractivity contribution in [3.63, 3.8) is 0 Å². The molecular weight excluding hydrogens is 388 g/mol. The highest BCUT2D eigenvalue weighted by Crippen LogP contribution is 2.44. The van der Waals surface area contributed by atoms with E-state index in [0.29, 0.717) is 0 Å². The second kappa shape index (κ2) is 9.41. The second-order valence-corrected chi connectivity index (χ2v) is 6.97. The molecule has 0 aromatic heterocycles. The van der Waals surface area contributed by atoms with Crippen LogP contribution in [0.4, 0.5) is 4.79 Å². The van der Waals surface area contributed by atoms with E-state index in [1.165, 1.54) is 14.2 Å². The number of carboxylic acids is 1. The Labute approximate surface area is 174 Å². The first-order valence-corrected chi connectivity index (χ1v) is 9.57. The molecule has 0 unspecified atom stereocenters. The average molecular weight is 412 g/mol. The third-order valence-electron chi connectivity index (χ3n) is 5.21. The summed E-state index contributed by atoms with van der Waals surface area (Å²) >= 11 is 0. The van der Waals surface area contributed by atoms with Crippen LogP contribution in [0.15, 0.2) is 48.5 Å². The number of fused-ring (bicyclic) bond motifs is 3. The predicted molar refractivity (Wildman–Crippen MR) is 109 cm³/mol. The van der Waals surface area contributed by atoms with Gasteiger partial charge in [-0.2, -0.15) is 0 Å². The van der Waals surface area contributed by atoms with Crippen LogP contribution in [0.25, 0.3) is 11.1 Å². The third kappa shape index (κ3) is 4.60. The minimum absolute atomic E-state index is 0.0773. The van der Waals surface area contributed by atoms with Gasteiger partial charge in [0.15, 0.2) is 0 Å². The van der Waals surface area contributed by atoms with Gasteiger partial charge < -0.3 is 15.2 Å². The zero-order chi connectivity index (χ0) is 21.7. The molecule has 0 bridgehead atoms. The predicted octanol–water partition coefficient (Wildman–Crippen LogP) is 2.78. The van der Waals surface area contributed by atoms with Crippen molar-refractivity contribution in [2.24, 2.45) is 0 Å². The number of nitrogens with one attached hydrogen (secondary N) is 1. The van der Waals surface area contributed by atoms with E-state index < -0.39 is 24.0 Å². The molecule has 0 heterocycles. The van der Waals surface area contributed by atoms with Gasteiger partial charge in [0.2, 0.25) is 5.91 Å². The van der Waals surface area contributed by atoms with Crippen molar-refractivity contribution in [2.45, 2.75) is 24.8 Å². The Morgan fingerprint density at radius 1 is 1.07 bits per heavy atom. The number of nitrogens with zero attached hydrogens (tertiary/aromatic N) is 1. The summed E-state index contributed by atoms with van der Waals surface area (Å²) in [6, 6.07) is 14.6. The maximum absolute atomic E-state index is 12.3. The van der Waals surface area contributed by atoms with E-state index in [-0.39, 0.29) is 25.4 Å². The van der Waals surface area contributed by atoms with Crippen molar-refractivity contribution in [3.8, 4) is 11.1 Å². The van der Waals surface area contributed by atoms with Crippen LogP contribution in [0, 0.1) is 0 Å². The van der Waals surface area contributed by atoms with E-state index in [1.807, 2.05) is 48.5 Å². The average Bonchev–Trinajstić information content (AvgIpc) is 3.08. The molecule has 8 nitrogen and oxygen atoms in total. The molecule has 158 valence electrons. The smallest absolute Gasteiger partial charge is 0.407 e. The summed E-state index contributed by atoms with van der Waals surface area (Å²) in [4.78, 5) is 40.3. The van der Waals surface area contributed by atoms with Gasteiger partial charge >= 0.3 is 12.1 Å². The molecule has 2 aromatic carbocycles. The molecule has 8 heteroatoms. The van der Waals surface area contributed by atoms with E-state index in [9.17, 15) is 19.5 Å². The first kappa shape index (κ1) is 21.3. The van der Waals surface area contributed by atoms with Crippen LogP contribution >= 0.6 is 0 Å². The van der Waals surface area contributed by atoms with Gasteiger partial charge in [-0.05, 0) is 28.7 Å². The lowest BCUT2D eigenvalue weighted by Crippen LogP contribution is -2.42. The number of carbonyl (C=O) groups excluding carboxylic acids is 2. The molecule has 2 amide bonds. The number of alkyl carbamates (subject to hydrolysis) is 1. The molecule has 0 fully saturated rings. The maximum Gasteiger partial charge on any atom is 0.407 e. The quantitative estimate of drug-likeness (QED) is 0.646. The van der Waals surface area contributed by atoms with Gasteiger partial charge in [0.25, 0.3) is 0 Å². The van der Waals surface area contributed by atoms with Gasteiger partial charge in [0.05, 0.1) is 7.11 Å². The van der Waals surface area contributed by atoms with Crippen molar-refractivity contribution >= 4 is 18.0 Å². The van der Waals surface area contributed by atoms with Gasteiger partial charge in [-0.3, -0.25) is 9.63 Å². The Hall–Kier alpha value is -3.39. The van der Waals surface area contributed by atoms with Crippen LogP contribution in [0.1, 0.15) is 29.9 Å². The monoisotopic (exact) mass is 412 g/mol. The molecule has 1 aliphatic carbocycles. The zero-order valence-electron chi connectivity index (χ0n) is 16.8. The summed E-state index contributed by atoms with van der Waals surface area (Å²) in [5, 5.41) is 12.7. The van der Waals surface area contributed by atoms with Crippen molar-refractivity contribution in [1.29, 1.82) is 0 Å². The highest BCUT2D eigenvalue weighted by Gasteiger charge is 2.30. The molecule has 0 radical (unpaired) electrons. The summed E-state index contributed by atoms with van der Waals surface area (Å²) in [5.74, 6) is -1.75. The van der Waals surface area contributed by atoms with E-state index in [0.717, 1.165) is 27.3 Å². The molecule has 1 atom stereocenters. The third-order valence-corrected chi connectivity index (χ3v) is 5.21. The van der Waals surface area contributed by atoms with Crippen LogP contribution in [0.5, 0.6) is 0 Å². The molecule has 0 saturated heterocycles.